The number of hydrogen-bond acceptors (Lipinski definition) is 6. The first-order valence-corrected chi connectivity index (χ1v) is 9.36. The normalized spacial score (nSPS) is 22.1. The van der Waals surface area contributed by atoms with Crippen molar-refractivity contribution in [1.82, 2.24) is 10.2 Å². The van der Waals surface area contributed by atoms with Crippen molar-refractivity contribution in [2.24, 2.45) is 5.41 Å². The van der Waals surface area contributed by atoms with E-state index in [1.165, 1.54) is 6.07 Å². The summed E-state index contributed by atoms with van der Waals surface area (Å²) >= 11 is 0. The van der Waals surface area contributed by atoms with Gasteiger partial charge in [-0.05, 0) is 56.0 Å². The van der Waals surface area contributed by atoms with E-state index < -0.39 is 11.7 Å². The summed E-state index contributed by atoms with van der Waals surface area (Å²) in [6.07, 6.45) is 2.20. The minimum absolute atomic E-state index is 0.00489. The van der Waals surface area contributed by atoms with Gasteiger partial charge in [-0.2, -0.15) is 0 Å². The summed E-state index contributed by atoms with van der Waals surface area (Å²) in [4.78, 5) is 25.7. The lowest BCUT2D eigenvalue weighted by molar-refractivity contribution is -0.141. The van der Waals surface area contributed by atoms with Crippen LogP contribution in [0.5, 0.6) is 5.75 Å². The van der Waals surface area contributed by atoms with Gasteiger partial charge in [-0.1, -0.05) is 0 Å². The van der Waals surface area contributed by atoms with E-state index in [9.17, 15) is 14.7 Å². The molecule has 1 aromatic heterocycles. The molecule has 144 valence electrons. The SMILES string of the molecule is O=C(COc1ccc2ccc(=O)oc2c1)N1CC(O)CC2(CCNCC2)C1. The molecule has 1 amide bonds. The molecule has 2 N–H and O–H groups in total. The van der Waals surface area contributed by atoms with E-state index >= 15 is 0 Å². The van der Waals surface area contributed by atoms with E-state index in [0.29, 0.717) is 24.4 Å². The molecule has 27 heavy (non-hydrogen) atoms. The molecule has 0 saturated carbocycles. The number of aliphatic hydroxyl groups is 1. The van der Waals surface area contributed by atoms with E-state index in [2.05, 4.69) is 5.32 Å². The third-order valence-electron chi connectivity index (χ3n) is 5.60. The zero-order valence-electron chi connectivity index (χ0n) is 15.1. The molecule has 2 aliphatic rings. The molecular weight excluding hydrogens is 348 g/mol. The van der Waals surface area contributed by atoms with Gasteiger partial charge >= 0.3 is 5.63 Å². The average Bonchev–Trinajstić information content (AvgIpc) is 2.65. The Morgan fingerprint density at radius 1 is 1.30 bits per heavy atom. The minimum atomic E-state index is -0.490. The van der Waals surface area contributed by atoms with Crippen LogP contribution in [0, 0.1) is 5.41 Å². The summed E-state index contributed by atoms with van der Waals surface area (Å²) < 4.78 is 10.8. The number of amides is 1. The van der Waals surface area contributed by atoms with Crippen LogP contribution in [-0.4, -0.2) is 54.8 Å². The van der Waals surface area contributed by atoms with Gasteiger partial charge in [-0.15, -0.1) is 0 Å². The molecule has 2 saturated heterocycles. The molecule has 7 nitrogen and oxygen atoms in total. The Balaban J connectivity index is 1.42. The van der Waals surface area contributed by atoms with Crippen LogP contribution in [0.1, 0.15) is 19.3 Å². The zero-order valence-corrected chi connectivity index (χ0v) is 15.1. The summed E-state index contributed by atoms with van der Waals surface area (Å²) in [5.74, 6) is 0.334. The van der Waals surface area contributed by atoms with E-state index in [1.807, 2.05) is 0 Å². The Morgan fingerprint density at radius 3 is 2.89 bits per heavy atom. The third kappa shape index (κ3) is 3.99. The number of hydrogen-bond donors (Lipinski definition) is 2. The Labute approximate surface area is 156 Å². The molecular formula is C20H24N2O5. The maximum absolute atomic E-state index is 12.7. The van der Waals surface area contributed by atoms with Crippen LogP contribution in [0.25, 0.3) is 11.0 Å². The Bertz CT molecular complexity index is 887. The highest BCUT2D eigenvalue weighted by molar-refractivity contribution is 5.79. The molecule has 2 aromatic rings. The monoisotopic (exact) mass is 372 g/mol. The largest absolute Gasteiger partial charge is 0.484 e. The molecule has 1 spiro atoms. The number of fused-ring (bicyclic) bond motifs is 1. The van der Waals surface area contributed by atoms with Crippen molar-refractivity contribution in [1.29, 1.82) is 0 Å². The number of piperidine rings is 2. The summed E-state index contributed by atoms with van der Waals surface area (Å²) in [5, 5.41) is 14.4. The fraction of sp³-hybridized carbons (Fsp3) is 0.500. The fourth-order valence-corrected chi connectivity index (χ4v) is 4.23. The summed E-state index contributed by atoms with van der Waals surface area (Å²) in [6.45, 7) is 2.76. The lowest BCUT2D eigenvalue weighted by Crippen LogP contribution is -2.55. The number of rotatable bonds is 3. The maximum Gasteiger partial charge on any atom is 0.336 e. The maximum atomic E-state index is 12.7. The van der Waals surface area contributed by atoms with E-state index in [4.69, 9.17) is 9.15 Å². The highest BCUT2D eigenvalue weighted by Crippen LogP contribution is 2.38. The van der Waals surface area contributed by atoms with Crippen molar-refractivity contribution in [3.8, 4) is 5.75 Å². The lowest BCUT2D eigenvalue weighted by atomic mass is 9.72. The molecule has 7 heteroatoms. The van der Waals surface area contributed by atoms with Crippen LogP contribution in [-0.2, 0) is 4.79 Å². The first-order chi connectivity index (χ1) is 13.0. The van der Waals surface area contributed by atoms with Crippen LogP contribution in [0.2, 0.25) is 0 Å². The summed E-state index contributed by atoms with van der Waals surface area (Å²) in [6, 6.07) is 8.19. The minimum Gasteiger partial charge on any atom is -0.484 e. The van der Waals surface area contributed by atoms with Crippen molar-refractivity contribution in [2.45, 2.75) is 25.4 Å². The Kier molecular flexibility index (Phi) is 4.88. The van der Waals surface area contributed by atoms with Crippen LogP contribution < -0.4 is 15.7 Å². The fourth-order valence-electron chi connectivity index (χ4n) is 4.23. The van der Waals surface area contributed by atoms with Gasteiger partial charge in [0.1, 0.15) is 11.3 Å². The number of ether oxygens (including phenoxy) is 1. The standard InChI is InChI=1S/C20H24N2O5/c23-15-10-20(5-7-21-8-6-20)13-22(11-15)18(24)12-26-16-3-1-14-2-4-19(25)27-17(14)9-16/h1-4,9,15,21,23H,5-8,10-13H2. The molecule has 2 aliphatic heterocycles. The van der Waals surface area contributed by atoms with Crippen LogP contribution >= 0.6 is 0 Å². The predicted octanol–water partition coefficient (Wildman–Crippen LogP) is 1.13. The van der Waals surface area contributed by atoms with Gasteiger partial charge in [-0.25, -0.2) is 4.79 Å². The van der Waals surface area contributed by atoms with Crippen LogP contribution in [0.3, 0.4) is 0 Å². The van der Waals surface area contributed by atoms with Gasteiger partial charge < -0.3 is 24.5 Å². The van der Waals surface area contributed by atoms with Crippen molar-refractivity contribution < 1.29 is 19.1 Å². The number of benzene rings is 1. The van der Waals surface area contributed by atoms with Crippen LogP contribution in [0.4, 0.5) is 0 Å². The molecule has 1 aromatic carbocycles. The second-order valence-corrected chi connectivity index (χ2v) is 7.62. The number of nitrogens with one attached hydrogen (secondary N) is 1. The smallest absolute Gasteiger partial charge is 0.336 e. The topological polar surface area (TPSA) is 92.0 Å². The van der Waals surface area contributed by atoms with E-state index in [0.717, 1.165) is 37.7 Å². The molecule has 0 aliphatic carbocycles. The van der Waals surface area contributed by atoms with Gasteiger partial charge in [0.2, 0.25) is 0 Å². The van der Waals surface area contributed by atoms with Gasteiger partial charge in [0.05, 0.1) is 6.10 Å². The molecule has 1 atom stereocenters. The highest BCUT2D eigenvalue weighted by atomic mass is 16.5. The van der Waals surface area contributed by atoms with Crippen molar-refractivity contribution >= 4 is 16.9 Å². The van der Waals surface area contributed by atoms with E-state index in [1.54, 1.807) is 29.2 Å². The van der Waals surface area contributed by atoms with Gasteiger partial charge in [0.25, 0.3) is 5.91 Å². The third-order valence-corrected chi connectivity index (χ3v) is 5.60. The first-order valence-electron chi connectivity index (χ1n) is 9.36. The molecule has 0 bridgehead atoms. The number of likely N-dealkylation sites (tertiary alicyclic amines) is 1. The number of aliphatic hydroxyl groups excluding tert-OH is 1. The second-order valence-electron chi connectivity index (χ2n) is 7.62. The van der Waals surface area contributed by atoms with Gasteiger partial charge in [-0.3, -0.25) is 4.79 Å². The molecule has 0 radical (unpaired) electrons. The van der Waals surface area contributed by atoms with Crippen molar-refractivity contribution in [3.63, 3.8) is 0 Å². The summed E-state index contributed by atoms with van der Waals surface area (Å²) in [5.41, 5.74) is 0.00471. The van der Waals surface area contributed by atoms with E-state index in [-0.39, 0.29) is 17.9 Å². The average molecular weight is 372 g/mol. The van der Waals surface area contributed by atoms with Crippen molar-refractivity contribution in [2.75, 3.05) is 32.8 Å². The quantitative estimate of drug-likeness (QED) is 0.785. The number of carbonyl (C=O) groups is 1. The molecule has 1 unspecified atom stereocenters. The Morgan fingerprint density at radius 2 is 2.07 bits per heavy atom. The Hall–Kier alpha value is -2.38. The van der Waals surface area contributed by atoms with Gasteiger partial charge in [0.15, 0.2) is 6.61 Å². The number of β-amino-alcohol motifs (C(OH)–C–C–N with tert-alkyl or cyclic N) is 1. The first kappa shape index (κ1) is 18.0. The van der Waals surface area contributed by atoms with Crippen molar-refractivity contribution in [3.05, 3.63) is 40.8 Å². The number of carbonyl (C=O) groups excluding carboxylic acids is 1. The summed E-state index contributed by atoms with van der Waals surface area (Å²) in [7, 11) is 0. The lowest BCUT2D eigenvalue weighted by Gasteiger charge is -2.47. The highest BCUT2D eigenvalue weighted by Gasteiger charge is 2.41. The number of nitrogens with zero attached hydrogens (tertiary/aromatic N) is 1. The second kappa shape index (κ2) is 7.32. The predicted molar refractivity (Wildman–Crippen MR) is 99.7 cm³/mol. The molecule has 4 rings (SSSR count). The molecule has 2 fully saturated rings. The zero-order chi connectivity index (χ0) is 18.9. The molecule has 3 heterocycles. The van der Waals surface area contributed by atoms with Gasteiger partial charge in [0, 0.05) is 30.6 Å². The van der Waals surface area contributed by atoms with Crippen LogP contribution in [0.15, 0.2) is 39.5 Å².